The Balaban J connectivity index is 1.64. The fourth-order valence-electron chi connectivity index (χ4n) is 4.32. The van der Waals surface area contributed by atoms with E-state index in [1.807, 2.05) is 4.90 Å². The van der Waals surface area contributed by atoms with Crippen molar-refractivity contribution in [3.8, 4) is 11.6 Å². The van der Waals surface area contributed by atoms with E-state index in [0.717, 1.165) is 19.3 Å². The van der Waals surface area contributed by atoms with Gasteiger partial charge < -0.3 is 9.64 Å². The van der Waals surface area contributed by atoms with Crippen molar-refractivity contribution >= 4 is 15.7 Å². The highest BCUT2D eigenvalue weighted by atomic mass is 32.2. The Labute approximate surface area is 189 Å². The van der Waals surface area contributed by atoms with Gasteiger partial charge in [-0.25, -0.2) is 13.4 Å². The van der Waals surface area contributed by atoms with E-state index in [2.05, 4.69) is 17.0 Å². The minimum Gasteiger partial charge on any atom is -0.483 e. The van der Waals surface area contributed by atoms with Crippen LogP contribution in [0.25, 0.3) is 5.82 Å². The number of hydrogen-bond donors (Lipinski definition) is 0. The van der Waals surface area contributed by atoms with Crippen molar-refractivity contribution in [1.82, 2.24) is 19.1 Å². The average Bonchev–Trinajstić information content (AvgIpc) is 3.20. The third-order valence-electron chi connectivity index (χ3n) is 6.25. The summed E-state index contributed by atoms with van der Waals surface area (Å²) >= 11 is 0. The molecule has 32 heavy (non-hydrogen) atoms. The lowest BCUT2D eigenvalue weighted by Gasteiger charge is -2.36. The zero-order chi connectivity index (χ0) is 22.9. The van der Waals surface area contributed by atoms with Crippen LogP contribution in [0.3, 0.4) is 0 Å². The van der Waals surface area contributed by atoms with Crippen molar-refractivity contribution in [2.45, 2.75) is 51.4 Å². The van der Waals surface area contributed by atoms with E-state index in [0.29, 0.717) is 43.6 Å². The summed E-state index contributed by atoms with van der Waals surface area (Å²) in [5.41, 5.74) is 0.265. The molecule has 1 saturated heterocycles. The zero-order valence-electron chi connectivity index (χ0n) is 18.8. The standard InChI is InChI=1S/C22H31N5O4S/c1-16(2)32(29,30)26-12-10-25(11-13-26)19-15-24-27(20-6-4-5-9-23-20)22(28)21(19)31-18-8-7-17(3)14-18/h4-6,9,15-18H,7-8,10-14H2,1-3H3. The van der Waals surface area contributed by atoms with Crippen LogP contribution in [0.1, 0.15) is 40.0 Å². The number of aromatic nitrogens is 3. The Hall–Kier alpha value is -2.46. The van der Waals surface area contributed by atoms with Crippen molar-refractivity contribution < 1.29 is 13.2 Å². The zero-order valence-corrected chi connectivity index (χ0v) is 19.7. The van der Waals surface area contributed by atoms with Gasteiger partial charge in [0.15, 0.2) is 5.82 Å². The summed E-state index contributed by atoms with van der Waals surface area (Å²) in [5.74, 6) is 1.26. The molecule has 0 radical (unpaired) electrons. The van der Waals surface area contributed by atoms with E-state index < -0.39 is 15.3 Å². The average molecular weight is 462 g/mol. The summed E-state index contributed by atoms with van der Waals surface area (Å²) in [6.07, 6.45) is 6.13. The van der Waals surface area contributed by atoms with Crippen LogP contribution in [0.5, 0.6) is 5.75 Å². The highest BCUT2D eigenvalue weighted by molar-refractivity contribution is 7.89. The second-order valence-electron chi connectivity index (χ2n) is 8.90. The van der Waals surface area contributed by atoms with Crippen molar-refractivity contribution in [2.24, 2.45) is 5.92 Å². The summed E-state index contributed by atoms with van der Waals surface area (Å²) in [6, 6.07) is 5.31. The second kappa shape index (κ2) is 9.19. The van der Waals surface area contributed by atoms with E-state index in [4.69, 9.17) is 4.74 Å². The predicted octanol–water partition coefficient (Wildman–Crippen LogP) is 2.06. The maximum Gasteiger partial charge on any atom is 0.317 e. The van der Waals surface area contributed by atoms with Crippen LogP contribution in [0.4, 0.5) is 5.69 Å². The lowest BCUT2D eigenvalue weighted by molar-refractivity contribution is 0.201. The number of rotatable bonds is 6. The Bertz CT molecular complexity index is 1100. The number of hydrogen-bond acceptors (Lipinski definition) is 7. The molecule has 2 fully saturated rings. The Morgan fingerprint density at radius 1 is 1.12 bits per heavy atom. The van der Waals surface area contributed by atoms with Crippen LogP contribution in [0.15, 0.2) is 35.4 Å². The molecule has 10 heteroatoms. The summed E-state index contributed by atoms with van der Waals surface area (Å²) in [7, 11) is -3.31. The van der Waals surface area contributed by atoms with Gasteiger partial charge in [-0.1, -0.05) is 13.0 Å². The Morgan fingerprint density at radius 3 is 2.47 bits per heavy atom. The molecule has 9 nitrogen and oxygen atoms in total. The maximum atomic E-state index is 13.4. The van der Waals surface area contributed by atoms with Crippen LogP contribution in [0.2, 0.25) is 0 Å². The molecular weight excluding hydrogens is 430 g/mol. The van der Waals surface area contributed by atoms with E-state index in [9.17, 15) is 13.2 Å². The molecule has 1 aliphatic heterocycles. The molecule has 0 aromatic carbocycles. The molecule has 0 spiro atoms. The molecule has 174 valence electrons. The van der Waals surface area contributed by atoms with Crippen LogP contribution in [-0.4, -0.2) is 65.0 Å². The molecule has 4 rings (SSSR count). The van der Waals surface area contributed by atoms with Crippen LogP contribution < -0.4 is 15.2 Å². The lowest BCUT2D eigenvalue weighted by Crippen LogP contribution is -2.50. The number of sulfonamides is 1. The second-order valence-corrected chi connectivity index (χ2v) is 11.4. The quantitative estimate of drug-likeness (QED) is 0.649. The summed E-state index contributed by atoms with van der Waals surface area (Å²) in [5, 5.41) is 3.90. The fraction of sp³-hybridized carbons (Fsp3) is 0.591. The van der Waals surface area contributed by atoms with Crippen molar-refractivity contribution in [2.75, 3.05) is 31.1 Å². The normalized spacial score (nSPS) is 22.4. The molecule has 0 amide bonds. The molecule has 0 bridgehead atoms. The number of piperazine rings is 1. The minimum absolute atomic E-state index is 0.0151. The minimum atomic E-state index is -3.31. The van der Waals surface area contributed by atoms with Gasteiger partial charge in [-0.3, -0.25) is 4.79 Å². The lowest BCUT2D eigenvalue weighted by atomic mass is 10.1. The first-order valence-corrected chi connectivity index (χ1v) is 12.7. The smallest absolute Gasteiger partial charge is 0.317 e. The summed E-state index contributed by atoms with van der Waals surface area (Å²) in [6.45, 7) is 7.25. The summed E-state index contributed by atoms with van der Waals surface area (Å²) < 4.78 is 34.1. The fourth-order valence-corrected chi connectivity index (χ4v) is 5.59. The first-order valence-electron chi connectivity index (χ1n) is 11.2. The maximum absolute atomic E-state index is 13.4. The molecule has 2 aliphatic rings. The van der Waals surface area contributed by atoms with Gasteiger partial charge in [0.1, 0.15) is 5.69 Å². The SMILES string of the molecule is CC1CCC(Oc2c(N3CCN(S(=O)(=O)C(C)C)CC3)cnn(-c3ccccn3)c2=O)C1. The monoisotopic (exact) mass is 461 g/mol. The van der Waals surface area contributed by atoms with Crippen LogP contribution in [-0.2, 0) is 10.0 Å². The van der Waals surface area contributed by atoms with Crippen molar-refractivity contribution in [1.29, 1.82) is 0 Å². The number of pyridine rings is 1. The van der Waals surface area contributed by atoms with Gasteiger partial charge in [-0.05, 0) is 51.2 Å². The molecule has 3 heterocycles. The third-order valence-corrected chi connectivity index (χ3v) is 8.52. The number of nitrogens with zero attached hydrogens (tertiary/aromatic N) is 5. The topological polar surface area (TPSA) is 97.6 Å². The van der Waals surface area contributed by atoms with E-state index in [-0.39, 0.29) is 17.4 Å². The molecule has 0 N–H and O–H groups in total. The van der Waals surface area contributed by atoms with Crippen LogP contribution in [0, 0.1) is 5.92 Å². The number of anilines is 1. The predicted molar refractivity (Wildman–Crippen MR) is 123 cm³/mol. The Morgan fingerprint density at radius 2 is 1.88 bits per heavy atom. The summed E-state index contributed by atoms with van der Waals surface area (Å²) in [4.78, 5) is 19.7. The van der Waals surface area contributed by atoms with Gasteiger partial charge >= 0.3 is 5.56 Å². The van der Waals surface area contributed by atoms with E-state index in [1.54, 1.807) is 44.4 Å². The van der Waals surface area contributed by atoms with Crippen molar-refractivity contribution in [3.63, 3.8) is 0 Å². The third kappa shape index (κ3) is 4.52. The van der Waals surface area contributed by atoms with Crippen molar-refractivity contribution in [3.05, 3.63) is 40.9 Å². The molecule has 2 aromatic heterocycles. The van der Waals surface area contributed by atoms with Gasteiger partial charge in [0.25, 0.3) is 0 Å². The highest BCUT2D eigenvalue weighted by Crippen LogP contribution is 2.32. The molecular formula is C22H31N5O4S. The highest BCUT2D eigenvalue weighted by Gasteiger charge is 2.32. The number of ether oxygens (including phenoxy) is 1. The first kappa shape index (κ1) is 22.7. The van der Waals surface area contributed by atoms with E-state index in [1.165, 1.54) is 8.99 Å². The molecule has 1 aliphatic carbocycles. The van der Waals surface area contributed by atoms with Gasteiger partial charge in [0.2, 0.25) is 15.8 Å². The van der Waals surface area contributed by atoms with Crippen LogP contribution >= 0.6 is 0 Å². The van der Waals surface area contributed by atoms with Gasteiger partial charge in [-0.2, -0.15) is 14.1 Å². The van der Waals surface area contributed by atoms with Gasteiger partial charge in [-0.15, -0.1) is 0 Å². The van der Waals surface area contributed by atoms with Gasteiger partial charge in [0.05, 0.1) is 17.6 Å². The molecule has 2 unspecified atom stereocenters. The largest absolute Gasteiger partial charge is 0.483 e. The molecule has 2 atom stereocenters. The Kier molecular flexibility index (Phi) is 6.52. The van der Waals surface area contributed by atoms with E-state index >= 15 is 0 Å². The van der Waals surface area contributed by atoms with Gasteiger partial charge in [0, 0.05) is 32.4 Å². The molecule has 1 saturated carbocycles. The molecule has 2 aromatic rings. The first-order chi connectivity index (χ1) is 15.3.